The van der Waals surface area contributed by atoms with Gasteiger partial charge in [-0.15, -0.1) is 13.2 Å². The topological polar surface area (TPSA) is 116 Å². The van der Waals surface area contributed by atoms with Gasteiger partial charge in [0.05, 0.1) is 6.42 Å². The number of ether oxygens (including phenoxy) is 1. The highest BCUT2D eigenvalue weighted by atomic mass is 19.4. The van der Waals surface area contributed by atoms with E-state index in [2.05, 4.69) is 10.1 Å². The van der Waals surface area contributed by atoms with E-state index in [4.69, 9.17) is 5.11 Å². The van der Waals surface area contributed by atoms with Crippen LogP contribution in [0.5, 0.6) is 5.75 Å². The van der Waals surface area contributed by atoms with Crippen LogP contribution >= 0.6 is 0 Å². The summed E-state index contributed by atoms with van der Waals surface area (Å²) in [7, 11) is 1.41. The van der Waals surface area contributed by atoms with Gasteiger partial charge in [-0.2, -0.15) is 0 Å². The van der Waals surface area contributed by atoms with Crippen molar-refractivity contribution in [2.75, 3.05) is 18.5 Å². The van der Waals surface area contributed by atoms with Crippen LogP contribution in [0.3, 0.4) is 0 Å². The van der Waals surface area contributed by atoms with Gasteiger partial charge in [-0.25, -0.2) is 4.79 Å². The zero-order valence-corrected chi connectivity index (χ0v) is 19.2. The summed E-state index contributed by atoms with van der Waals surface area (Å²) in [4.78, 5) is 51.5. The van der Waals surface area contributed by atoms with Gasteiger partial charge in [-0.3, -0.25) is 19.3 Å². The third kappa shape index (κ3) is 6.20. The van der Waals surface area contributed by atoms with E-state index in [9.17, 15) is 32.3 Å². The molecule has 9 nitrogen and oxygen atoms in total. The normalized spacial score (nSPS) is 15.6. The van der Waals surface area contributed by atoms with Gasteiger partial charge in [-0.1, -0.05) is 18.2 Å². The number of carbonyl (C=O) groups is 4. The third-order valence-corrected chi connectivity index (χ3v) is 5.28. The molecule has 3 amide bonds. The Kier molecular flexibility index (Phi) is 7.66. The number of aliphatic carboxylic acids is 1. The highest BCUT2D eigenvalue weighted by Gasteiger charge is 2.39. The molecule has 1 atom stereocenters. The zero-order valence-electron chi connectivity index (χ0n) is 19.2. The molecule has 0 spiro atoms. The number of hydrogen-bond acceptors (Lipinski definition) is 5. The molecule has 0 radical (unpaired) electrons. The monoisotopic (exact) mass is 505 g/mol. The molecule has 2 aromatic rings. The van der Waals surface area contributed by atoms with Gasteiger partial charge >= 0.3 is 18.4 Å². The lowest BCUT2D eigenvalue weighted by atomic mass is 9.98. The lowest BCUT2D eigenvalue weighted by Gasteiger charge is -2.33. The summed E-state index contributed by atoms with van der Waals surface area (Å²) in [6.45, 7) is 1.43. The molecule has 0 aliphatic carbocycles. The van der Waals surface area contributed by atoms with Crippen molar-refractivity contribution >= 4 is 29.4 Å². The number of rotatable bonds is 7. The first kappa shape index (κ1) is 26.3. The number of anilines is 1. The quantitative estimate of drug-likeness (QED) is 0.557. The first-order chi connectivity index (χ1) is 16.9. The molecule has 3 rings (SSSR count). The minimum atomic E-state index is -4.89. The predicted octanol–water partition coefficient (Wildman–Crippen LogP) is 3.47. The number of hydrogen-bond donors (Lipinski definition) is 2. The van der Waals surface area contributed by atoms with Crippen LogP contribution in [0.2, 0.25) is 0 Å². The van der Waals surface area contributed by atoms with E-state index in [0.717, 1.165) is 21.9 Å². The molecule has 1 heterocycles. The number of halogens is 3. The number of carbonyl (C=O) groups excluding carboxylic acids is 3. The van der Waals surface area contributed by atoms with Gasteiger partial charge in [-0.05, 0) is 47.9 Å². The van der Waals surface area contributed by atoms with Crippen LogP contribution in [0.4, 0.5) is 23.7 Å². The van der Waals surface area contributed by atoms with Crippen molar-refractivity contribution in [1.82, 2.24) is 10.2 Å². The molecular weight excluding hydrogens is 483 g/mol. The van der Waals surface area contributed by atoms with Crippen LogP contribution in [-0.4, -0.2) is 59.7 Å². The minimum absolute atomic E-state index is 0.0981. The van der Waals surface area contributed by atoms with Gasteiger partial charge in [0.1, 0.15) is 5.75 Å². The number of alkyl halides is 3. The second-order valence-corrected chi connectivity index (χ2v) is 7.89. The van der Waals surface area contributed by atoms with E-state index >= 15 is 0 Å². The Morgan fingerprint density at radius 1 is 1.17 bits per heavy atom. The number of likely N-dealkylation sites (N-methyl/N-ethyl adjacent to an activating group) is 1. The van der Waals surface area contributed by atoms with Crippen LogP contribution in [-0.2, 0) is 14.4 Å². The smallest absolute Gasteiger partial charge is 0.481 e. The van der Waals surface area contributed by atoms with Crippen molar-refractivity contribution in [3.63, 3.8) is 0 Å². The molecule has 0 saturated carbocycles. The number of nitrogens with one attached hydrogen (secondary N) is 1. The number of aryl methyl sites for hydroxylation is 1. The van der Waals surface area contributed by atoms with Gasteiger partial charge in [0.15, 0.2) is 11.8 Å². The summed E-state index contributed by atoms with van der Waals surface area (Å²) in [6, 6.07) is 7.27. The van der Waals surface area contributed by atoms with Crippen LogP contribution in [0.15, 0.2) is 54.7 Å². The molecule has 2 N–H and O–H groups in total. The fourth-order valence-corrected chi connectivity index (χ4v) is 3.58. The molecular formula is C24H22F3N3O6. The Hall–Kier alpha value is -4.35. The Morgan fingerprint density at radius 2 is 1.89 bits per heavy atom. The Balaban J connectivity index is 2.06. The summed E-state index contributed by atoms with van der Waals surface area (Å²) >= 11 is 0. The average Bonchev–Trinajstić information content (AvgIpc) is 2.78. The predicted molar refractivity (Wildman–Crippen MR) is 122 cm³/mol. The standard InChI is InChI=1S/C24H22F3N3O6/c1-14-6-7-16(13-18(14)15-4-3-5-17(12-15)36-24(25,26)27)30(23(35)28-10-8-20(32)33)21-19(31)9-11-29(2)22(21)34/h3-7,9,11-13,21H,8,10H2,1-2H3,(H,28,35)(H,32,33)/t21-/m0/s1. The summed E-state index contributed by atoms with van der Waals surface area (Å²) in [5.74, 6) is -2.97. The van der Waals surface area contributed by atoms with Crippen LogP contribution in [0, 0.1) is 6.92 Å². The molecule has 190 valence electrons. The molecule has 1 aliphatic heterocycles. The second-order valence-electron chi connectivity index (χ2n) is 7.89. The van der Waals surface area contributed by atoms with Gasteiger partial charge < -0.3 is 20.1 Å². The van der Waals surface area contributed by atoms with Crippen molar-refractivity contribution in [3.8, 4) is 16.9 Å². The summed E-state index contributed by atoms with van der Waals surface area (Å²) in [6.07, 6.45) is -2.89. The first-order valence-corrected chi connectivity index (χ1v) is 10.6. The Bertz CT molecular complexity index is 1230. The zero-order chi connectivity index (χ0) is 26.6. The molecule has 0 fully saturated rings. The van der Waals surface area contributed by atoms with E-state index < -0.39 is 48.3 Å². The first-order valence-electron chi connectivity index (χ1n) is 10.6. The number of carboxylic acids is 1. The molecule has 0 bridgehead atoms. The number of urea groups is 1. The fraction of sp³-hybridized carbons (Fsp3) is 0.250. The lowest BCUT2D eigenvalue weighted by Crippen LogP contribution is -2.57. The molecule has 0 unspecified atom stereocenters. The summed E-state index contributed by atoms with van der Waals surface area (Å²) in [5, 5.41) is 11.3. The number of amides is 3. The van der Waals surface area contributed by atoms with Crippen molar-refractivity contribution in [3.05, 3.63) is 60.3 Å². The number of benzene rings is 2. The van der Waals surface area contributed by atoms with Crippen LogP contribution < -0.4 is 15.0 Å². The molecule has 36 heavy (non-hydrogen) atoms. The van der Waals surface area contributed by atoms with E-state index in [1.54, 1.807) is 19.1 Å². The Morgan fingerprint density at radius 3 is 2.56 bits per heavy atom. The summed E-state index contributed by atoms with van der Waals surface area (Å²) < 4.78 is 42.1. The van der Waals surface area contributed by atoms with E-state index in [1.165, 1.54) is 37.5 Å². The highest BCUT2D eigenvalue weighted by molar-refractivity contribution is 6.19. The van der Waals surface area contributed by atoms with Crippen molar-refractivity contribution in [2.45, 2.75) is 25.7 Å². The number of nitrogens with zero attached hydrogens (tertiary/aromatic N) is 2. The molecule has 0 aromatic heterocycles. The number of ketones is 1. The minimum Gasteiger partial charge on any atom is -0.481 e. The van der Waals surface area contributed by atoms with Crippen molar-refractivity contribution in [1.29, 1.82) is 0 Å². The maximum Gasteiger partial charge on any atom is 0.573 e. The van der Waals surface area contributed by atoms with E-state index in [0.29, 0.717) is 16.7 Å². The molecule has 1 aliphatic rings. The molecule has 2 aromatic carbocycles. The van der Waals surface area contributed by atoms with Gasteiger partial charge in [0.2, 0.25) is 0 Å². The van der Waals surface area contributed by atoms with Gasteiger partial charge in [0, 0.05) is 31.6 Å². The Labute approximate surface area is 203 Å². The molecule has 12 heteroatoms. The SMILES string of the molecule is Cc1ccc(N(C(=O)NCCC(=O)O)[C@H]2C(=O)C=CN(C)C2=O)cc1-c1cccc(OC(F)(F)F)c1. The maximum absolute atomic E-state index is 13.1. The maximum atomic E-state index is 13.1. The molecule has 0 saturated heterocycles. The fourth-order valence-electron chi connectivity index (χ4n) is 3.58. The summed E-state index contributed by atoms with van der Waals surface area (Å²) in [5.41, 5.74) is 1.48. The van der Waals surface area contributed by atoms with E-state index in [-0.39, 0.29) is 12.2 Å². The third-order valence-electron chi connectivity index (χ3n) is 5.28. The van der Waals surface area contributed by atoms with Crippen LogP contribution in [0.25, 0.3) is 11.1 Å². The number of carboxylic acid groups (broad SMARTS) is 1. The highest BCUT2D eigenvalue weighted by Crippen LogP contribution is 2.33. The van der Waals surface area contributed by atoms with Gasteiger partial charge in [0.25, 0.3) is 5.91 Å². The van der Waals surface area contributed by atoms with Crippen LogP contribution in [0.1, 0.15) is 12.0 Å². The van der Waals surface area contributed by atoms with Crippen molar-refractivity contribution < 1.29 is 42.2 Å². The van der Waals surface area contributed by atoms with Crippen molar-refractivity contribution in [2.24, 2.45) is 0 Å². The largest absolute Gasteiger partial charge is 0.573 e. The lowest BCUT2D eigenvalue weighted by molar-refractivity contribution is -0.274. The van der Waals surface area contributed by atoms with E-state index in [1.807, 2.05) is 0 Å². The second kappa shape index (κ2) is 10.5. The average molecular weight is 505 g/mol.